The van der Waals surface area contributed by atoms with E-state index >= 15 is 0 Å². The van der Waals surface area contributed by atoms with Gasteiger partial charge >= 0.3 is 0 Å². The lowest BCUT2D eigenvalue weighted by atomic mass is 9.91. The molecule has 0 unspecified atom stereocenters. The summed E-state index contributed by atoms with van der Waals surface area (Å²) >= 11 is 0. The minimum Gasteiger partial charge on any atom is -0.310 e. The predicted molar refractivity (Wildman–Crippen MR) is 310 cm³/mol. The number of hydrogen-bond donors (Lipinski definition) is 0. The molecule has 0 amide bonds. The van der Waals surface area contributed by atoms with Crippen molar-refractivity contribution < 1.29 is 0 Å². The average Bonchev–Trinajstić information content (AvgIpc) is 3.40. The van der Waals surface area contributed by atoms with Gasteiger partial charge in [-0.15, -0.1) is 0 Å². The highest BCUT2D eigenvalue weighted by molar-refractivity contribution is 6.28. The number of nitrogens with zero attached hydrogens (tertiary/aromatic N) is 2. The molecule has 0 aliphatic rings. The van der Waals surface area contributed by atoms with E-state index in [4.69, 9.17) is 0 Å². The lowest BCUT2D eigenvalue weighted by Gasteiger charge is -2.30. The minimum absolute atomic E-state index is 1.10. The van der Waals surface area contributed by atoms with Crippen molar-refractivity contribution in [1.29, 1.82) is 0 Å². The Morgan fingerprint density at radius 2 is 0.458 bits per heavy atom. The molecule has 0 saturated heterocycles. The van der Waals surface area contributed by atoms with Crippen molar-refractivity contribution in [1.82, 2.24) is 0 Å². The van der Waals surface area contributed by atoms with Crippen molar-refractivity contribution in [3.63, 3.8) is 0 Å². The zero-order valence-electron chi connectivity index (χ0n) is 41.8. The van der Waals surface area contributed by atoms with Crippen molar-refractivity contribution in [3.8, 4) is 44.5 Å². The SMILES string of the molecule is Cc1ccc(-c2cc(-c3ccc(C)cc3)cc(N(c3ccc(C)cc3)c3ccc4ccc5c(N(c6ccc(C)cc6)c6cc(-c7ccc(C)cc7)cc(-c7ccc(C)cc7)c6)ccc6ccc3c4c65)c2)cc1. The Hall–Kier alpha value is -8.72. The average molecular weight is 925 g/mol. The molecule has 12 rings (SSSR count). The van der Waals surface area contributed by atoms with Crippen LogP contribution in [0.25, 0.3) is 76.8 Å². The summed E-state index contributed by atoms with van der Waals surface area (Å²) in [6.45, 7) is 12.9. The van der Waals surface area contributed by atoms with Gasteiger partial charge in [-0.3, -0.25) is 0 Å². The van der Waals surface area contributed by atoms with Crippen LogP contribution in [0.5, 0.6) is 0 Å². The Bertz CT molecular complexity index is 3530. The van der Waals surface area contributed by atoms with Crippen molar-refractivity contribution >= 4 is 66.4 Å². The van der Waals surface area contributed by atoms with Crippen molar-refractivity contribution in [2.75, 3.05) is 9.80 Å². The first-order valence-electron chi connectivity index (χ1n) is 25.1. The maximum Gasteiger partial charge on any atom is 0.0540 e. The Kier molecular flexibility index (Phi) is 11.3. The normalized spacial score (nSPS) is 11.5. The molecule has 72 heavy (non-hydrogen) atoms. The zero-order valence-corrected chi connectivity index (χ0v) is 41.8. The van der Waals surface area contributed by atoms with Crippen LogP contribution < -0.4 is 9.80 Å². The Morgan fingerprint density at radius 1 is 0.208 bits per heavy atom. The van der Waals surface area contributed by atoms with Crippen LogP contribution >= 0.6 is 0 Å². The molecular formula is C70H56N2. The molecule has 0 saturated carbocycles. The van der Waals surface area contributed by atoms with Gasteiger partial charge in [-0.25, -0.2) is 0 Å². The molecular weight excluding hydrogens is 869 g/mol. The summed E-state index contributed by atoms with van der Waals surface area (Å²) in [5, 5.41) is 7.34. The quantitative estimate of drug-likeness (QED) is 0.126. The van der Waals surface area contributed by atoms with Crippen LogP contribution in [0.4, 0.5) is 34.1 Å². The van der Waals surface area contributed by atoms with Gasteiger partial charge in [0, 0.05) is 33.5 Å². The summed E-state index contributed by atoms with van der Waals surface area (Å²) in [6, 6.07) is 86.5. The van der Waals surface area contributed by atoms with Gasteiger partial charge in [0.1, 0.15) is 0 Å². The molecule has 0 atom stereocenters. The lowest BCUT2D eigenvalue weighted by Crippen LogP contribution is -2.12. The Morgan fingerprint density at radius 3 is 0.736 bits per heavy atom. The van der Waals surface area contributed by atoms with Gasteiger partial charge in [0.25, 0.3) is 0 Å². The monoisotopic (exact) mass is 924 g/mol. The van der Waals surface area contributed by atoms with Gasteiger partial charge < -0.3 is 9.80 Å². The standard InChI is InChI=1S/C70H56N2/c1-45-7-19-51(20-8-45)57-39-58(52-21-9-46(2)10-22-52)42-63(41-57)71(61-31-15-49(5)16-32-61)67-37-29-55-28-36-66-68(38-30-56-27-35-65(67)69(55)70(56)66)72(62-33-17-50(6)18-34-62)64-43-59(53-23-11-47(3)12-24-53)40-60(44-64)54-25-13-48(4)14-26-54/h7-44H,1-6H3. The third kappa shape index (κ3) is 8.35. The van der Waals surface area contributed by atoms with E-state index in [0.717, 1.165) is 34.1 Å². The minimum atomic E-state index is 1.10. The molecule has 0 spiro atoms. The molecule has 2 nitrogen and oxygen atoms in total. The fraction of sp³-hybridized carbons (Fsp3) is 0.0857. The summed E-state index contributed by atoms with van der Waals surface area (Å²) in [7, 11) is 0. The first-order valence-corrected chi connectivity index (χ1v) is 25.1. The van der Waals surface area contributed by atoms with E-state index < -0.39 is 0 Å². The second kappa shape index (κ2) is 18.2. The molecule has 0 aromatic heterocycles. The third-order valence-electron chi connectivity index (χ3n) is 14.6. The molecule has 0 aliphatic heterocycles. The largest absolute Gasteiger partial charge is 0.310 e. The fourth-order valence-electron chi connectivity index (χ4n) is 10.5. The Labute approximate surface area is 424 Å². The van der Waals surface area contributed by atoms with Crippen LogP contribution in [0.3, 0.4) is 0 Å². The van der Waals surface area contributed by atoms with Crippen LogP contribution in [0.15, 0.2) is 231 Å². The van der Waals surface area contributed by atoms with Gasteiger partial charge in [0.05, 0.1) is 11.4 Å². The summed E-state index contributed by atoms with van der Waals surface area (Å²) in [5.41, 5.74) is 23.6. The van der Waals surface area contributed by atoms with E-state index in [2.05, 4.69) is 282 Å². The van der Waals surface area contributed by atoms with Crippen molar-refractivity contribution in [2.24, 2.45) is 0 Å². The Balaban J connectivity index is 1.10. The van der Waals surface area contributed by atoms with Gasteiger partial charge in [-0.05, 0) is 180 Å². The van der Waals surface area contributed by atoms with Crippen LogP contribution in [0.2, 0.25) is 0 Å². The molecule has 2 heteroatoms. The second-order valence-corrected chi connectivity index (χ2v) is 19.9. The first kappa shape index (κ1) is 44.5. The molecule has 12 aromatic carbocycles. The number of benzene rings is 12. The summed E-state index contributed by atoms with van der Waals surface area (Å²) in [5.74, 6) is 0. The highest BCUT2D eigenvalue weighted by atomic mass is 15.1. The predicted octanol–water partition coefficient (Wildman–Crippen LogP) is 20.0. The van der Waals surface area contributed by atoms with E-state index in [9.17, 15) is 0 Å². The smallest absolute Gasteiger partial charge is 0.0540 e. The van der Waals surface area contributed by atoms with E-state index in [-0.39, 0.29) is 0 Å². The number of aryl methyl sites for hydroxylation is 6. The van der Waals surface area contributed by atoms with Gasteiger partial charge in [0.2, 0.25) is 0 Å². The second-order valence-electron chi connectivity index (χ2n) is 19.9. The topological polar surface area (TPSA) is 6.48 Å². The van der Waals surface area contributed by atoms with E-state index in [1.807, 2.05) is 0 Å². The zero-order chi connectivity index (χ0) is 49.0. The van der Waals surface area contributed by atoms with Gasteiger partial charge in [-0.2, -0.15) is 0 Å². The molecule has 0 heterocycles. The molecule has 0 bridgehead atoms. The van der Waals surface area contributed by atoms with Crippen LogP contribution in [0, 0.1) is 41.5 Å². The maximum atomic E-state index is 2.48. The number of hydrogen-bond acceptors (Lipinski definition) is 2. The summed E-state index contributed by atoms with van der Waals surface area (Å²) in [6.07, 6.45) is 0. The van der Waals surface area contributed by atoms with Crippen LogP contribution in [-0.4, -0.2) is 0 Å². The van der Waals surface area contributed by atoms with Gasteiger partial charge in [0.15, 0.2) is 0 Å². The molecule has 0 fully saturated rings. The van der Waals surface area contributed by atoms with Crippen LogP contribution in [0.1, 0.15) is 33.4 Å². The van der Waals surface area contributed by atoms with Crippen molar-refractivity contribution in [2.45, 2.75) is 41.5 Å². The summed E-state index contributed by atoms with van der Waals surface area (Å²) < 4.78 is 0. The highest BCUT2D eigenvalue weighted by Gasteiger charge is 2.24. The number of rotatable bonds is 10. The van der Waals surface area contributed by atoms with E-state index in [0.29, 0.717) is 0 Å². The third-order valence-corrected chi connectivity index (χ3v) is 14.6. The maximum absolute atomic E-state index is 2.48. The fourth-order valence-corrected chi connectivity index (χ4v) is 10.5. The lowest BCUT2D eigenvalue weighted by molar-refractivity contribution is 1.29. The molecule has 0 radical (unpaired) electrons. The first-order chi connectivity index (χ1) is 35.1. The van der Waals surface area contributed by atoms with E-state index in [1.165, 1.54) is 110 Å². The summed E-state index contributed by atoms with van der Waals surface area (Å²) in [4.78, 5) is 4.95. The van der Waals surface area contributed by atoms with Gasteiger partial charge in [-0.1, -0.05) is 191 Å². The van der Waals surface area contributed by atoms with Crippen molar-refractivity contribution in [3.05, 3.63) is 264 Å². The number of anilines is 6. The molecule has 0 N–H and O–H groups in total. The molecule has 12 aromatic rings. The molecule has 0 aliphatic carbocycles. The van der Waals surface area contributed by atoms with E-state index in [1.54, 1.807) is 0 Å². The van der Waals surface area contributed by atoms with Crippen LogP contribution in [-0.2, 0) is 0 Å². The molecule has 346 valence electrons. The highest BCUT2D eigenvalue weighted by Crippen LogP contribution is 2.49.